The van der Waals surface area contributed by atoms with Crippen LogP contribution in [0.5, 0.6) is 0 Å². The van der Waals surface area contributed by atoms with Gasteiger partial charge in [-0.05, 0) is 246 Å². The van der Waals surface area contributed by atoms with Crippen LogP contribution in [0, 0.1) is 47.6 Å². The molecule has 9 amide bonds. The second-order valence-electron chi connectivity index (χ2n) is 29.3. The Morgan fingerprint density at radius 1 is 0.271 bits per heavy atom. The molecule has 0 atom stereocenters. The van der Waals surface area contributed by atoms with Crippen molar-refractivity contribution in [2.24, 2.45) is 5.73 Å². The number of hydrogen-bond donors (Lipinski definition) is 12. The largest absolute Gasteiger partial charge is 0.478 e. The van der Waals surface area contributed by atoms with Crippen LogP contribution in [0.1, 0.15) is 363 Å². The summed E-state index contributed by atoms with van der Waals surface area (Å²) >= 11 is 0. The number of aromatic carboxylic acids is 2. The van der Waals surface area contributed by atoms with E-state index < -0.39 is 11.9 Å². The smallest absolute Gasteiger partial charge is 0.335 e. The summed E-state index contributed by atoms with van der Waals surface area (Å²) in [6.45, 7) is 15.4. The molecule has 0 fully saturated rings. The summed E-state index contributed by atoms with van der Waals surface area (Å²) < 4.78 is 0. The van der Waals surface area contributed by atoms with Crippen molar-refractivity contribution >= 4 is 82.5 Å². The molecule has 0 saturated heterocycles. The molecule has 7 aromatic carbocycles. The van der Waals surface area contributed by atoms with Crippen molar-refractivity contribution in [3.63, 3.8) is 0 Å². The van der Waals surface area contributed by atoms with Gasteiger partial charge in [-0.15, -0.1) is 24.3 Å². The van der Waals surface area contributed by atoms with E-state index in [2.05, 4.69) is 53.9 Å². The summed E-state index contributed by atoms with van der Waals surface area (Å²) in [6, 6.07) is 37.5. The first kappa shape index (κ1) is 128. The van der Waals surface area contributed by atoms with E-state index in [0.717, 1.165) is 151 Å². The zero-order chi connectivity index (χ0) is 89.4. The predicted octanol–water partition coefficient (Wildman–Crippen LogP) is 21.0. The van der Waals surface area contributed by atoms with E-state index >= 15 is 0 Å². The van der Waals surface area contributed by atoms with E-state index in [9.17, 15) is 67.1 Å². The van der Waals surface area contributed by atoms with E-state index in [1.54, 1.807) is 138 Å². The van der Waals surface area contributed by atoms with Crippen molar-refractivity contribution in [2.45, 2.75) is 226 Å². The average molecular weight is 1900 g/mol. The van der Waals surface area contributed by atoms with Crippen molar-refractivity contribution in [2.75, 3.05) is 21.1 Å². The fraction of sp³-hybridized carbons (Fsp3) is 0.340. The molecule has 26 nitrogen and oxygen atoms in total. The Kier molecular flexibility index (Phi) is 60.7. The number of nitrogens with two attached hydrogens (primary N) is 1. The van der Waals surface area contributed by atoms with Crippen molar-refractivity contribution in [1.82, 2.24) is 47.9 Å². The third-order valence-electron chi connectivity index (χ3n) is 20.2. The first-order valence-electron chi connectivity index (χ1n) is 39.9. The molecule has 0 spiro atoms. The Labute approximate surface area is 815 Å². The minimum absolute atomic E-state index is 0. The fourth-order valence-electron chi connectivity index (χ4n) is 11.4. The molecule has 7 aliphatic rings. The molecule has 13 N–H and O–H groups in total. The second kappa shape index (κ2) is 63.0. The van der Waals surface area contributed by atoms with Crippen LogP contribution in [-0.2, 0) is 32.7 Å². The third kappa shape index (κ3) is 39.4. The number of carbonyl (C=O) groups excluding carboxylic acids is 12. The average Bonchev–Trinajstić information content (AvgIpc) is 0.797. The van der Waals surface area contributed by atoms with Gasteiger partial charge in [0.25, 0.3) is 41.4 Å². The standard InChI is InChI=1S/2C14H16N2O2.2C14H15NO2.C13H13N2O2.C13H13NO3.C10H10O3.C4H7N.10CH4.Y/c2*1-9-6-7-10(13(17)15-2)8-12(9)14(18)16-11-4-3-5-11;2*1-9-6-7-11(10(2)16)8-13(9)14(17)15-12-4-3-5-12;1-14-12(16)9-4-2-5-10(8-9)13(17)15-11-6-3-7-11;1-8-5-6-9(13(16)17)7-11(8)12(15)14-10-3-2-4-10;1-6-3-4-8(7(2)11)5-9(6)10(12)13;5-4-2-1-3-4;;;;;;;;;;;/h2*4,6-8H,3,5H2,1-2H3,(H,15,17)(H,16,18);2*4,6-8H,3,5H2,1-2H3,(H,15,17);2,4,6,8H,3,7H2,1H3,(H,14,16)(H,15,17);3,5-7H,2,4H2,1H3,(H,14,15)(H,16,17);3-5H,1-2H3,(H,12,13);2H,1,3,5H2;10*1H4;/q;;;;-1;;;;;;;;;;;;;;. The zero-order valence-electron chi connectivity index (χ0n) is 71.3. The quantitative estimate of drug-likeness (QED) is 0.0249. The summed E-state index contributed by atoms with van der Waals surface area (Å²) in [6.07, 6.45) is 27.9. The number of rotatable bonds is 20. The number of allylic oxidation sites excluding steroid dienone is 14. The van der Waals surface area contributed by atoms with Gasteiger partial charge in [0.15, 0.2) is 23.3 Å². The number of Topliss-reactive ketones (excluding diaryl/α,β-unsaturated/α-hetero) is 3. The zero-order valence-corrected chi connectivity index (χ0v) is 74.2. The normalized spacial score (nSPS) is 12.3. The molecular weight excluding hydrogens is 1760 g/mol. The summed E-state index contributed by atoms with van der Waals surface area (Å²) in [4.78, 5) is 161. The number of hydrogen-bond acceptors (Lipinski definition) is 15. The van der Waals surface area contributed by atoms with Crippen molar-refractivity contribution in [3.05, 3.63) is 327 Å². The van der Waals surface area contributed by atoms with Gasteiger partial charge < -0.3 is 68.6 Å². The van der Waals surface area contributed by atoms with Gasteiger partial charge in [0.05, 0.1) is 11.1 Å². The van der Waals surface area contributed by atoms with Crippen molar-refractivity contribution in [3.8, 4) is 0 Å². The summed E-state index contributed by atoms with van der Waals surface area (Å²) in [7, 11) is 4.69. The first-order chi connectivity index (χ1) is 58.1. The van der Waals surface area contributed by atoms with E-state index in [1.165, 1.54) is 51.5 Å². The monoisotopic (exact) mass is 1900 g/mol. The van der Waals surface area contributed by atoms with Gasteiger partial charge in [-0.2, -0.15) is 0 Å². The summed E-state index contributed by atoms with van der Waals surface area (Å²) in [5.74, 6) is -3.80. The van der Waals surface area contributed by atoms with Crippen LogP contribution < -0.4 is 53.6 Å². The van der Waals surface area contributed by atoms with E-state index in [4.69, 9.17) is 15.9 Å². The van der Waals surface area contributed by atoms with Crippen LogP contribution in [0.15, 0.2) is 210 Å². The topological polar surface area (TPSA) is 414 Å². The molecule has 0 saturated carbocycles. The predicted molar refractivity (Wildman–Crippen MR) is 534 cm³/mol. The number of amides is 9. The van der Waals surface area contributed by atoms with Gasteiger partial charge >= 0.3 is 11.9 Å². The van der Waals surface area contributed by atoms with Crippen LogP contribution in [0.2, 0.25) is 0 Å². The second-order valence-corrected chi connectivity index (χ2v) is 29.3. The van der Waals surface area contributed by atoms with Crippen LogP contribution in [-0.4, -0.2) is 114 Å². The van der Waals surface area contributed by atoms with Gasteiger partial charge in [0, 0.05) is 149 Å². The number of nitrogens with one attached hydrogen (secondary N) is 9. The fourth-order valence-corrected chi connectivity index (χ4v) is 11.4. The third-order valence-corrected chi connectivity index (χ3v) is 20.2. The Hall–Kier alpha value is -13.2. The van der Waals surface area contributed by atoms with Crippen LogP contribution in [0.4, 0.5) is 0 Å². The SMILES string of the molecule is C.C.C.C.C.C.C.C.C.C.CC(=O)c1ccc(C)c(C(=O)NC2=CCC2)c1.CC(=O)c1ccc(C)c(C(=O)NC2=CCC2)c1.CC(=O)c1ccc(C)c(C(=O)O)c1.CNC(=O)c1cc[c-]c(C(=O)NC2=CCC2)c1.CNC(=O)c1ccc(C)c(C(=O)NC2=CCC2)c1.CNC(=O)c1ccc(C)c(C(=O)NC2=CCC2)c1.Cc1ccc(C(=O)O)cc1C(=O)NC1=CCC1.NC1=CCC1.[Y]. The van der Waals surface area contributed by atoms with E-state index in [0.29, 0.717) is 72.3 Å². The van der Waals surface area contributed by atoms with Gasteiger partial charge in [0.1, 0.15) is 0 Å². The molecule has 1 radical (unpaired) electrons. The maximum Gasteiger partial charge on any atom is 0.335 e. The molecule has 0 aromatic heterocycles. The molecule has 27 heteroatoms. The van der Waals surface area contributed by atoms with Crippen molar-refractivity contribution < 1.29 is 110 Å². The molecule has 719 valence electrons. The molecule has 133 heavy (non-hydrogen) atoms. The molecule has 0 bridgehead atoms. The van der Waals surface area contributed by atoms with Crippen molar-refractivity contribution in [1.29, 1.82) is 0 Å². The van der Waals surface area contributed by atoms with E-state index in [1.807, 2.05) is 70.2 Å². The molecular formula is C106H145N10O16Y-. The van der Waals surface area contributed by atoms with Gasteiger partial charge in [-0.1, -0.05) is 177 Å². The molecule has 14 rings (SSSR count). The molecule has 7 aromatic rings. The minimum Gasteiger partial charge on any atom is -0.478 e. The van der Waals surface area contributed by atoms with E-state index in [-0.39, 0.29) is 189 Å². The number of carboxylic acid groups (broad SMARTS) is 2. The number of carboxylic acids is 2. The number of carbonyl (C=O) groups is 14. The maximum absolute atomic E-state index is 12.0. The Morgan fingerprint density at radius 2 is 0.466 bits per heavy atom. The van der Waals surface area contributed by atoms with Gasteiger partial charge in [-0.3, -0.25) is 52.7 Å². The maximum atomic E-state index is 12.0. The number of ketones is 3. The molecule has 7 aliphatic carbocycles. The number of benzene rings is 7. The summed E-state index contributed by atoms with van der Waals surface area (Å²) in [5.41, 5.74) is 23.3. The Balaban J connectivity index is -0.000000469. The first-order valence-corrected chi connectivity index (χ1v) is 39.9. The van der Waals surface area contributed by atoms with Crippen LogP contribution in [0.25, 0.3) is 0 Å². The number of aryl methyl sites for hydroxylation is 6. The van der Waals surface area contributed by atoms with Crippen LogP contribution >= 0.6 is 0 Å². The van der Waals surface area contributed by atoms with Gasteiger partial charge in [0.2, 0.25) is 5.91 Å². The van der Waals surface area contributed by atoms with Gasteiger partial charge in [-0.25, -0.2) is 9.59 Å². The summed E-state index contributed by atoms with van der Waals surface area (Å²) in [5, 5.41) is 42.2. The Bertz CT molecular complexity index is 5170. The molecule has 0 unspecified atom stereocenters. The van der Waals surface area contributed by atoms with Crippen LogP contribution in [0.3, 0.4) is 0 Å². The Morgan fingerprint density at radius 3 is 0.669 bits per heavy atom. The minimum atomic E-state index is -1.03. The molecule has 0 heterocycles. The molecule has 0 aliphatic heterocycles.